The number of rotatable bonds is 4. The first-order valence-electron chi connectivity index (χ1n) is 8.05. The Balaban J connectivity index is 1.64. The van der Waals surface area contributed by atoms with E-state index in [1.165, 1.54) is 0 Å². The quantitative estimate of drug-likeness (QED) is 0.854. The van der Waals surface area contributed by atoms with E-state index in [1.807, 2.05) is 36.1 Å². The summed E-state index contributed by atoms with van der Waals surface area (Å²) in [6.07, 6.45) is 5.85. The van der Waals surface area contributed by atoms with Crippen LogP contribution in [0, 0.1) is 0 Å². The summed E-state index contributed by atoms with van der Waals surface area (Å²) in [5.41, 5.74) is 1.83. The van der Waals surface area contributed by atoms with Gasteiger partial charge in [0.1, 0.15) is 6.10 Å². The second-order valence-electron chi connectivity index (χ2n) is 5.97. The van der Waals surface area contributed by atoms with Crippen LogP contribution in [-0.4, -0.2) is 40.0 Å². The summed E-state index contributed by atoms with van der Waals surface area (Å²) < 4.78 is 5.90. The van der Waals surface area contributed by atoms with Gasteiger partial charge in [-0.25, -0.2) is 0 Å². The number of hydrogen-bond donors (Lipinski definition) is 0. The van der Waals surface area contributed by atoms with Crippen molar-refractivity contribution in [3.8, 4) is 0 Å². The first kappa shape index (κ1) is 16.9. The van der Waals surface area contributed by atoms with E-state index in [2.05, 4.69) is 9.97 Å². The average Bonchev–Trinajstić information content (AvgIpc) is 2.61. The van der Waals surface area contributed by atoms with E-state index in [1.54, 1.807) is 18.6 Å². The van der Waals surface area contributed by atoms with Crippen LogP contribution in [0.3, 0.4) is 0 Å². The zero-order valence-electron chi connectivity index (χ0n) is 13.6. The third-order valence-electron chi connectivity index (χ3n) is 4.19. The van der Waals surface area contributed by atoms with Gasteiger partial charge in [0.25, 0.3) is 0 Å². The molecule has 6 heteroatoms. The molecule has 2 unspecified atom stereocenters. The number of nitrogens with zero attached hydrogens (tertiary/aromatic N) is 3. The van der Waals surface area contributed by atoms with Gasteiger partial charge in [-0.05, 0) is 31.0 Å². The van der Waals surface area contributed by atoms with Gasteiger partial charge in [-0.2, -0.15) is 0 Å². The topological polar surface area (TPSA) is 55.3 Å². The monoisotopic (exact) mass is 345 g/mol. The Labute approximate surface area is 146 Å². The van der Waals surface area contributed by atoms with Gasteiger partial charge in [-0.1, -0.05) is 23.7 Å². The molecule has 5 nitrogen and oxygen atoms in total. The number of hydrogen-bond acceptors (Lipinski definition) is 4. The van der Waals surface area contributed by atoms with E-state index in [4.69, 9.17) is 16.3 Å². The van der Waals surface area contributed by atoms with Crippen LogP contribution >= 0.6 is 11.6 Å². The molecule has 0 N–H and O–H groups in total. The van der Waals surface area contributed by atoms with Gasteiger partial charge < -0.3 is 9.64 Å². The minimum atomic E-state index is -0.139. The van der Waals surface area contributed by atoms with E-state index < -0.39 is 0 Å². The summed E-state index contributed by atoms with van der Waals surface area (Å²) in [7, 11) is 0. The van der Waals surface area contributed by atoms with Crippen LogP contribution in [0.4, 0.5) is 0 Å². The number of aromatic nitrogens is 2. The maximum Gasteiger partial charge on any atom is 0.223 e. The zero-order valence-corrected chi connectivity index (χ0v) is 14.3. The fraction of sp³-hybridized carbons (Fsp3) is 0.389. The third-order valence-corrected chi connectivity index (χ3v) is 4.42. The van der Waals surface area contributed by atoms with Gasteiger partial charge in [0.15, 0.2) is 0 Å². The molecule has 2 aromatic rings. The molecule has 1 aromatic heterocycles. The lowest BCUT2D eigenvalue weighted by Crippen LogP contribution is -2.48. The molecule has 1 aliphatic rings. The maximum absolute atomic E-state index is 12.6. The average molecular weight is 346 g/mol. The van der Waals surface area contributed by atoms with E-state index >= 15 is 0 Å². The molecule has 3 rings (SSSR count). The number of halogens is 1. The molecule has 1 aromatic carbocycles. The summed E-state index contributed by atoms with van der Waals surface area (Å²) in [6.45, 7) is 3.07. The second-order valence-corrected chi connectivity index (χ2v) is 6.41. The fourth-order valence-electron chi connectivity index (χ4n) is 2.85. The number of benzene rings is 1. The van der Waals surface area contributed by atoms with Crippen LogP contribution in [0.15, 0.2) is 42.9 Å². The predicted octanol–water partition coefficient (Wildman–Crippen LogP) is 3.05. The summed E-state index contributed by atoms with van der Waals surface area (Å²) >= 11 is 6.06. The number of amides is 1. The molecule has 0 spiro atoms. The normalized spacial score (nSPS) is 20.8. The minimum absolute atomic E-state index is 0.0646. The van der Waals surface area contributed by atoms with Crippen molar-refractivity contribution in [1.82, 2.24) is 14.9 Å². The molecule has 0 saturated carbocycles. The van der Waals surface area contributed by atoms with E-state index in [0.717, 1.165) is 11.3 Å². The van der Waals surface area contributed by atoms with Crippen molar-refractivity contribution in [2.75, 3.05) is 13.2 Å². The van der Waals surface area contributed by atoms with Crippen molar-refractivity contribution in [1.29, 1.82) is 0 Å². The van der Waals surface area contributed by atoms with Crippen LogP contribution in [0.25, 0.3) is 0 Å². The molecule has 0 bridgehead atoms. The first-order valence-corrected chi connectivity index (χ1v) is 8.42. The fourth-order valence-corrected chi connectivity index (χ4v) is 3.05. The second kappa shape index (κ2) is 7.73. The molecule has 0 aliphatic carbocycles. The lowest BCUT2D eigenvalue weighted by atomic mass is 10.1. The van der Waals surface area contributed by atoms with Crippen LogP contribution in [0.2, 0.25) is 5.02 Å². The SMILES string of the molecule is CC1COC(c2cccc(Cl)c2)CN1C(=O)CCc1cnccn1. The van der Waals surface area contributed by atoms with E-state index in [9.17, 15) is 4.79 Å². The summed E-state index contributed by atoms with van der Waals surface area (Å²) in [4.78, 5) is 22.8. The van der Waals surface area contributed by atoms with Gasteiger partial charge in [-0.15, -0.1) is 0 Å². The van der Waals surface area contributed by atoms with Gasteiger partial charge >= 0.3 is 0 Å². The highest BCUT2D eigenvalue weighted by Crippen LogP contribution is 2.27. The number of carbonyl (C=O) groups is 1. The standard InChI is InChI=1S/C18H20ClN3O2/c1-13-12-24-17(14-3-2-4-15(19)9-14)11-22(13)18(23)6-5-16-10-20-7-8-21-16/h2-4,7-10,13,17H,5-6,11-12H2,1H3. The largest absolute Gasteiger partial charge is 0.370 e. The molecule has 2 atom stereocenters. The predicted molar refractivity (Wildman–Crippen MR) is 91.7 cm³/mol. The minimum Gasteiger partial charge on any atom is -0.370 e. The summed E-state index contributed by atoms with van der Waals surface area (Å²) in [5.74, 6) is 0.114. The highest BCUT2D eigenvalue weighted by molar-refractivity contribution is 6.30. The van der Waals surface area contributed by atoms with Crippen molar-refractivity contribution in [3.05, 3.63) is 59.1 Å². The highest BCUT2D eigenvalue weighted by Gasteiger charge is 2.30. The zero-order chi connectivity index (χ0) is 16.9. The first-order chi connectivity index (χ1) is 11.6. The lowest BCUT2D eigenvalue weighted by molar-refractivity contribution is -0.144. The third kappa shape index (κ3) is 4.10. The molecule has 1 saturated heterocycles. The summed E-state index contributed by atoms with van der Waals surface area (Å²) in [6, 6.07) is 7.67. The van der Waals surface area contributed by atoms with Gasteiger partial charge in [0, 0.05) is 30.0 Å². The smallest absolute Gasteiger partial charge is 0.223 e. The number of morpholine rings is 1. The molecule has 2 heterocycles. The Hall–Kier alpha value is -1.98. The molecule has 126 valence electrons. The molecule has 24 heavy (non-hydrogen) atoms. The Morgan fingerprint density at radius 1 is 1.42 bits per heavy atom. The molecule has 0 radical (unpaired) electrons. The van der Waals surface area contributed by atoms with Crippen molar-refractivity contribution in [3.63, 3.8) is 0 Å². The van der Waals surface area contributed by atoms with Crippen LogP contribution in [0.1, 0.15) is 30.7 Å². The molecular weight excluding hydrogens is 326 g/mol. The van der Waals surface area contributed by atoms with Crippen molar-refractivity contribution in [2.45, 2.75) is 31.9 Å². The van der Waals surface area contributed by atoms with E-state index in [-0.39, 0.29) is 18.1 Å². The van der Waals surface area contributed by atoms with Crippen LogP contribution < -0.4 is 0 Å². The lowest BCUT2D eigenvalue weighted by Gasteiger charge is -2.38. The van der Waals surface area contributed by atoms with Gasteiger partial charge in [0.2, 0.25) is 5.91 Å². The Morgan fingerprint density at radius 2 is 2.29 bits per heavy atom. The Kier molecular flexibility index (Phi) is 5.43. The van der Waals surface area contributed by atoms with Crippen molar-refractivity contribution < 1.29 is 9.53 Å². The molecule has 1 amide bonds. The molecule has 1 fully saturated rings. The summed E-state index contributed by atoms with van der Waals surface area (Å²) in [5, 5.41) is 0.676. The maximum atomic E-state index is 12.6. The van der Waals surface area contributed by atoms with Crippen molar-refractivity contribution >= 4 is 17.5 Å². The highest BCUT2D eigenvalue weighted by atomic mass is 35.5. The Bertz CT molecular complexity index is 696. The van der Waals surface area contributed by atoms with Crippen molar-refractivity contribution in [2.24, 2.45) is 0 Å². The van der Waals surface area contributed by atoms with Crippen LogP contribution in [-0.2, 0) is 16.0 Å². The number of aryl methyl sites for hydroxylation is 1. The van der Waals surface area contributed by atoms with Crippen LogP contribution in [0.5, 0.6) is 0 Å². The Morgan fingerprint density at radius 3 is 3.04 bits per heavy atom. The van der Waals surface area contributed by atoms with E-state index in [0.29, 0.717) is 31.0 Å². The molecular formula is C18H20ClN3O2. The molecule has 1 aliphatic heterocycles. The van der Waals surface area contributed by atoms with Gasteiger partial charge in [-0.3, -0.25) is 14.8 Å². The number of ether oxygens (including phenoxy) is 1. The number of carbonyl (C=O) groups excluding carboxylic acids is 1. The van der Waals surface area contributed by atoms with Gasteiger partial charge in [0.05, 0.1) is 24.9 Å².